The van der Waals surface area contributed by atoms with Crippen LogP contribution in [0.5, 0.6) is 5.75 Å². The standard InChI is InChI=1S/C11H12N2O/c1-8-9(11-12-6-7-13-11)4-3-5-10(8)14-2/h3-7H,1-2H3,(H,12,13). The number of methoxy groups -OCH3 is 1. The largest absolute Gasteiger partial charge is 0.496 e. The third kappa shape index (κ3) is 1.37. The van der Waals surface area contributed by atoms with Gasteiger partial charge in [0.1, 0.15) is 11.6 Å². The maximum atomic E-state index is 5.24. The average molecular weight is 188 g/mol. The first-order valence-corrected chi connectivity index (χ1v) is 4.46. The van der Waals surface area contributed by atoms with Gasteiger partial charge in [0.15, 0.2) is 0 Å². The zero-order valence-corrected chi connectivity index (χ0v) is 8.24. The molecule has 1 aromatic carbocycles. The highest BCUT2D eigenvalue weighted by Gasteiger charge is 2.07. The van der Waals surface area contributed by atoms with Gasteiger partial charge in [-0.15, -0.1) is 0 Å². The lowest BCUT2D eigenvalue weighted by Gasteiger charge is -2.07. The second kappa shape index (κ2) is 3.54. The van der Waals surface area contributed by atoms with Gasteiger partial charge in [-0.2, -0.15) is 0 Å². The summed E-state index contributed by atoms with van der Waals surface area (Å²) in [5, 5.41) is 0. The molecule has 0 bridgehead atoms. The van der Waals surface area contributed by atoms with Crippen LogP contribution in [0, 0.1) is 6.92 Å². The molecule has 0 fully saturated rings. The van der Waals surface area contributed by atoms with Crippen LogP contribution < -0.4 is 4.74 Å². The Morgan fingerprint density at radius 2 is 2.21 bits per heavy atom. The van der Waals surface area contributed by atoms with Crippen LogP contribution >= 0.6 is 0 Å². The molecule has 2 aromatic rings. The maximum Gasteiger partial charge on any atom is 0.137 e. The summed E-state index contributed by atoms with van der Waals surface area (Å²) in [4.78, 5) is 7.29. The van der Waals surface area contributed by atoms with Gasteiger partial charge in [0.2, 0.25) is 0 Å². The molecular formula is C11H12N2O. The number of nitrogens with one attached hydrogen (secondary N) is 1. The number of aromatic nitrogens is 2. The van der Waals surface area contributed by atoms with Crippen molar-refractivity contribution in [2.24, 2.45) is 0 Å². The Balaban J connectivity index is 2.54. The minimum atomic E-state index is 0.876. The highest BCUT2D eigenvalue weighted by atomic mass is 16.5. The molecule has 3 heteroatoms. The van der Waals surface area contributed by atoms with E-state index in [4.69, 9.17) is 4.74 Å². The molecule has 0 atom stereocenters. The summed E-state index contributed by atoms with van der Waals surface area (Å²) >= 11 is 0. The van der Waals surface area contributed by atoms with Crippen LogP contribution in [0.25, 0.3) is 11.4 Å². The second-order valence-electron chi connectivity index (χ2n) is 3.07. The molecule has 0 aliphatic carbocycles. The smallest absolute Gasteiger partial charge is 0.137 e. The summed E-state index contributed by atoms with van der Waals surface area (Å²) in [7, 11) is 1.67. The molecule has 0 spiro atoms. The van der Waals surface area contributed by atoms with E-state index >= 15 is 0 Å². The van der Waals surface area contributed by atoms with E-state index in [1.165, 1.54) is 0 Å². The van der Waals surface area contributed by atoms with E-state index in [2.05, 4.69) is 9.97 Å². The normalized spacial score (nSPS) is 10.1. The van der Waals surface area contributed by atoms with E-state index in [1.54, 1.807) is 13.3 Å². The van der Waals surface area contributed by atoms with E-state index in [0.717, 1.165) is 22.7 Å². The van der Waals surface area contributed by atoms with Crippen molar-refractivity contribution < 1.29 is 4.74 Å². The molecule has 0 aliphatic heterocycles. The van der Waals surface area contributed by atoms with Gasteiger partial charge in [0.05, 0.1) is 7.11 Å². The van der Waals surface area contributed by atoms with Crippen LogP contribution in [0.15, 0.2) is 30.6 Å². The van der Waals surface area contributed by atoms with Crippen molar-refractivity contribution >= 4 is 0 Å². The number of H-pyrrole nitrogens is 1. The minimum Gasteiger partial charge on any atom is -0.496 e. The number of rotatable bonds is 2. The Labute approximate surface area is 82.8 Å². The number of benzene rings is 1. The first-order chi connectivity index (χ1) is 6.83. The van der Waals surface area contributed by atoms with E-state index in [-0.39, 0.29) is 0 Å². The van der Waals surface area contributed by atoms with Crippen molar-refractivity contribution in [3.63, 3.8) is 0 Å². The van der Waals surface area contributed by atoms with Gasteiger partial charge in [-0.1, -0.05) is 12.1 Å². The molecule has 0 saturated heterocycles. The topological polar surface area (TPSA) is 37.9 Å². The van der Waals surface area contributed by atoms with Crippen LogP contribution in [0.3, 0.4) is 0 Å². The molecule has 0 aliphatic rings. The average Bonchev–Trinajstić information content (AvgIpc) is 2.71. The van der Waals surface area contributed by atoms with Gasteiger partial charge < -0.3 is 9.72 Å². The van der Waals surface area contributed by atoms with Crippen LogP contribution in [-0.2, 0) is 0 Å². The monoisotopic (exact) mass is 188 g/mol. The van der Waals surface area contributed by atoms with E-state index in [9.17, 15) is 0 Å². The zero-order valence-electron chi connectivity index (χ0n) is 8.24. The highest BCUT2D eigenvalue weighted by Crippen LogP contribution is 2.27. The summed E-state index contributed by atoms with van der Waals surface area (Å²) in [5.74, 6) is 1.76. The third-order valence-electron chi connectivity index (χ3n) is 2.26. The van der Waals surface area contributed by atoms with Crippen molar-refractivity contribution in [1.82, 2.24) is 9.97 Å². The van der Waals surface area contributed by atoms with E-state index < -0.39 is 0 Å². The fourth-order valence-electron chi connectivity index (χ4n) is 1.50. The fourth-order valence-corrected chi connectivity index (χ4v) is 1.50. The van der Waals surface area contributed by atoms with Gasteiger partial charge >= 0.3 is 0 Å². The van der Waals surface area contributed by atoms with Crippen molar-refractivity contribution in [3.8, 4) is 17.1 Å². The summed E-state index contributed by atoms with van der Waals surface area (Å²) in [6, 6.07) is 5.93. The van der Waals surface area contributed by atoms with Crippen molar-refractivity contribution in [1.29, 1.82) is 0 Å². The highest BCUT2D eigenvalue weighted by molar-refractivity contribution is 5.63. The zero-order chi connectivity index (χ0) is 9.97. The summed E-state index contributed by atoms with van der Waals surface area (Å²) in [6.45, 7) is 2.02. The number of aromatic amines is 1. The van der Waals surface area contributed by atoms with Gasteiger partial charge in [0.25, 0.3) is 0 Å². The Bertz CT molecular complexity index is 421. The van der Waals surface area contributed by atoms with Crippen LogP contribution in [-0.4, -0.2) is 17.1 Å². The predicted octanol–water partition coefficient (Wildman–Crippen LogP) is 2.39. The van der Waals surface area contributed by atoms with E-state index in [1.807, 2.05) is 31.3 Å². The molecule has 3 nitrogen and oxygen atoms in total. The number of hydrogen-bond donors (Lipinski definition) is 1. The first-order valence-electron chi connectivity index (χ1n) is 4.46. The van der Waals surface area contributed by atoms with Gasteiger partial charge in [-0.3, -0.25) is 0 Å². The van der Waals surface area contributed by atoms with Gasteiger partial charge in [-0.25, -0.2) is 4.98 Å². The molecule has 2 rings (SSSR count). The summed E-state index contributed by atoms with van der Waals surface area (Å²) in [6.07, 6.45) is 3.56. The number of hydrogen-bond acceptors (Lipinski definition) is 2. The van der Waals surface area contributed by atoms with Gasteiger partial charge in [0, 0.05) is 23.5 Å². The molecule has 1 heterocycles. The lowest BCUT2D eigenvalue weighted by Crippen LogP contribution is -1.90. The lowest BCUT2D eigenvalue weighted by atomic mass is 10.1. The van der Waals surface area contributed by atoms with Crippen LogP contribution in [0.1, 0.15) is 5.56 Å². The third-order valence-corrected chi connectivity index (χ3v) is 2.26. The fraction of sp³-hybridized carbons (Fsp3) is 0.182. The van der Waals surface area contributed by atoms with Gasteiger partial charge in [-0.05, 0) is 13.0 Å². The molecular weight excluding hydrogens is 176 g/mol. The Hall–Kier alpha value is -1.77. The van der Waals surface area contributed by atoms with Crippen molar-refractivity contribution in [3.05, 3.63) is 36.2 Å². The van der Waals surface area contributed by atoms with Crippen molar-refractivity contribution in [2.75, 3.05) is 7.11 Å². The number of imidazole rings is 1. The van der Waals surface area contributed by atoms with Crippen molar-refractivity contribution in [2.45, 2.75) is 6.92 Å². The van der Waals surface area contributed by atoms with E-state index in [0.29, 0.717) is 0 Å². The molecule has 0 amide bonds. The van der Waals surface area contributed by atoms with Crippen LogP contribution in [0.4, 0.5) is 0 Å². The molecule has 1 N–H and O–H groups in total. The summed E-state index contributed by atoms with van der Waals surface area (Å²) < 4.78 is 5.24. The second-order valence-corrected chi connectivity index (χ2v) is 3.07. The predicted molar refractivity (Wildman–Crippen MR) is 55.3 cm³/mol. The molecule has 72 valence electrons. The maximum absolute atomic E-state index is 5.24. The SMILES string of the molecule is COc1cccc(-c2ncc[nH]2)c1C. The first kappa shape index (κ1) is 8.81. The molecule has 0 radical (unpaired) electrons. The minimum absolute atomic E-state index is 0.876. The Kier molecular flexibility index (Phi) is 2.23. The molecule has 1 aromatic heterocycles. The molecule has 0 unspecified atom stereocenters. The summed E-state index contributed by atoms with van der Waals surface area (Å²) in [5.41, 5.74) is 2.18. The molecule has 0 saturated carbocycles. The molecule has 14 heavy (non-hydrogen) atoms. The quantitative estimate of drug-likeness (QED) is 0.785. The number of nitrogens with zero attached hydrogens (tertiary/aromatic N) is 1. The van der Waals surface area contributed by atoms with Crippen LogP contribution in [0.2, 0.25) is 0 Å². The Morgan fingerprint density at radius 1 is 1.36 bits per heavy atom. The lowest BCUT2D eigenvalue weighted by molar-refractivity contribution is 0.412. The number of ether oxygens (including phenoxy) is 1. The Morgan fingerprint density at radius 3 is 2.86 bits per heavy atom.